The van der Waals surface area contributed by atoms with Crippen molar-refractivity contribution in [2.24, 2.45) is 5.41 Å². The molecular formula is C20H38N2O3. The lowest BCUT2D eigenvalue weighted by Gasteiger charge is -2.30. The van der Waals surface area contributed by atoms with Crippen molar-refractivity contribution in [3.05, 3.63) is 0 Å². The van der Waals surface area contributed by atoms with Crippen LogP contribution in [-0.4, -0.2) is 43.0 Å². The summed E-state index contributed by atoms with van der Waals surface area (Å²) >= 11 is 0. The Morgan fingerprint density at radius 1 is 1.08 bits per heavy atom. The molecule has 0 heterocycles. The maximum atomic E-state index is 11.8. The first-order chi connectivity index (χ1) is 11.6. The Kier molecular flexibility index (Phi) is 7.15. The number of alkyl carbamates (subject to hydrolysis) is 1. The molecule has 0 spiro atoms. The lowest BCUT2D eigenvalue weighted by atomic mass is 9.92. The summed E-state index contributed by atoms with van der Waals surface area (Å²) in [6, 6.07) is 0.876. The van der Waals surface area contributed by atoms with Crippen LogP contribution in [0.1, 0.15) is 79.6 Å². The van der Waals surface area contributed by atoms with Gasteiger partial charge in [-0.25, -0.2) is 4.79 Å². The number of hydrogen-bond donors (Lipinski definition) is 2. The summed E-state index contributed by atoms with van der Waals surface area (Å²) < 4.78 is 11.3. The lowest BCUT2D eigenvalue weighted by Crippen LogP contribution is -2.42. The van der Waals surface area contributed by atoms with E-state index in [1.807, 2.05) is 20.8 Å². The van der Waals surface area contributed by atoms with Gasteiger partial charge in [0, 0.05) is 18.6 Å². The third-order valence-corrected chi connectivity index (χ3v) is 5.25. The van der Waals surface area contributed by atoms with Crippen molar-refractivity contribution in [2.75, 3.05) is 13.2 Å². The molecule has 2 aliphatic carbocycles. The van der Waals surface area contributed by atoms with Crippen LogP contribution in [0.5, 0.6) is 0 Å². The van der Waals surface area contributed by atoms with E-state index in [1.54, 1.807) is 0 Å². The van der Waals surface area contributed by atoms with Gasteiger partial charge in [-0.15, -0.1) is 0 Å². The van der Waals surface area contributed by atoms with Gasteiger partial charge in [0.05, 0.1) is 12.7 Å². The van der Waals surface area contributed by atoms with Crippen molar-refractivity contribution in [1.82, 2.24) is 10.6 Å². The van der Waals surface area contributed by atoms with Gasteiger partial charge in [0.25, 0.3) is 0 Å². The quantitative estimate of drug-likeness (QED) is 0.708. The molecule has 2 N–H and O–H groups in total. The summed E-state index contributed by atoms with van der Waals surface area (Å²) in [4.78, 5) is 11.8. The topological polar surface area (TPSA) is 59.6 Å². The van der Waals surface area contributed by atoms with Gasteiger partial charge in [0.15, 0.2) is 0 Å². The number of carbonyl (C=O) groups excluding carboxylic acids is 1. The maximum absolute atomic E-state index is 11.8. The van der Waals surface area contributed by atoms with E-state index in [-0.39, 0.29) is 12.1 Å². The molecule has 0 aromatic carbocycles. The Balaban J connectivity index is 1.53. The average Bonchev–Trinajstić information content (AvgIpc) is 2.82. The molecule has 5 nitrogen and oxygen atoms in total. The predicted octanol–water partition coefficient (Wildman–Crippen LogP) is 4.01. The predicted molar refractivity (Wildman–Crippen MR) is 101 cm³/mol. The molecule has 0 aromatic rings. The second kappa shape index (κ2) is 8.72. The van der Waals surface area contributed by atoms with Crippen LogP contribution in [0.3, 0.4) is 0 Å². The van der Waals surface area contributed by atoms with Crippen LogP contribution in [0.2, 0.25) is 0 Å². The molecule has 2 saturated carbocycles. The van der Waals surface area contributed by atoms with Crippen LogP contribution < -0.4 is 10.6 Å². The number of amides is 1. The van der Waals surface area contributed by atoms with Gasteiger partial charge in [-0.2, -0.15) is 0 Å². The van der Waals surface area contributed by atoms with Gasteiger partial charge in [0.1, 0.15) is 5.60 Å². The molecule has 5 heteroatoms. The summed E-state index contributed by atoms with van der Waals surface area (Å²) in [7, 11) is 0. The van der Waals surface area contributed by atoms with Crippen LogP contribution in [-0.2, 0) is 9.47 Å². The molecule has 2 aliphatic rings. The zero-order chi connectivity index (χ0) is 18.5. The van der Waals surface area contributed by atoms with E-state index in [9.17, 15) is 4.79 Å². The monoisotopic (exact) mass is 354 g/mol. The molecule has 0 aliphatic heterocycles. The van der Waals surface area contributed by atoms with Gasteiger partial charge in [-0.05, 0) is 71.1 Å². The summed E-state index contributed by atoms with van der Waals surface area (Å²) in [6.07, 6.45) is 7.86. The van der Waals surface area contributed by atoms with E-state index < -0.39 is 5.60 Å². The van der Waals surface area contributed by atoms with E-state index >= 15 is 0 Å². The summed E-state index contributed by atoms with van der Waals surface area (Å²) in [5.74, 6) is 0. The highest BCUT2D eigenvalue weighted by atomic mass is 16.6. The fourth-order valence-electron chi connectivity index (χ4n) is 3.95. The van der Waals surface area contributed by atoms with Crippen molar-refractivity contribution in [3.8, 4) is 0 Å². The molecule has 0 aromatic heterocycles. The maximum Gasteiger partial charge on any atom is 0.407 e. The SMILES string of the molecule is CC1(C)CCC(NCCOC2CCC(NC(=O)OC(C)(C)C)CC2)C1. The number of nitrogens with one attached hydrogen (secondary N) is 2. The lowest BCUT2D eigenvalue weighted by molar-refractivity contribution is 0.0187. The van der Waals surface area contributed by atoms with E-state index in [1.165, 1.54) is 19.3 Å². The molecular weight excluding hydrogens is 316 g/mol. The van der Waals surface area contributed by atoms with E-state index in [0.29, 0.717) is 17.6 Å². The molecule has 0 saturated heterocycles. The van der Waals surface area contributed by atoms with Gasteiger partial charge in [0.2, 0.25) is 0 Å². The summed E-state index contributed by atoms with van der Waals surface area (Å²) in [5, 5.41) is 6.61. The zero-order valence-electron chi connectivity index (χ0n) is 16.8. The highest BCUT2D eigenvalue weighted by Crippen LogP contribution is 2.36. The number of carbonyl (C=O) groups is 1. The highest BCUT2D eigenvalue weighted by molar-refractivity contribution is 5.68. The molecule has 2 rings (SSSR count). The van der Waals surface area contributed by atoms with Crippen LogP contribution in [0, 0.1) is 5.41 Å². The fraction of sp³-hybridized carbons (Fsp3) is 0.950. The minimum absolute atomic E-state index is 0.216. The minimum atomic E-state index is -0.439. The number of ether oxygens (including phenoxy) is 2. The second-order valence-electron chi connectivity index (χ2n) is 9.55. The van der Waals surface area contributed by atoms with Gasteiger partial charge < -0.3 is 20.1 Å². The Morgan fingerprint density at radius 3 is 2.32 bits per heavy atom. The smallest absolute Gasteiger partial charge is 0.407 e. The number of hydrogen-bond acceptors (Lipinski definition) is 4. The Labute approximate surface area is 153 Å². The van der Waals surface area contributed by atoms with E-state index in [4.69, 9.17) is 9.47 Å². The average molecular weight is 355 g/mol. The Hall–Kier alpha value is -0.810. The third kappa shape index (κ3) is 7.95. The van der Waals surface area contributed by atoms with Gasteiger partial charge in [-0.3, -0.25) is 0 Å². The molecule has 0 radical (unpaired) electrons. The molecule has 25 heavy (non-hydrogen) atoms. The van der Waals surface area contributed by atoms with Gasteiger partial charge >= 0.3 is 6.09 Å². The van der Waals surface area contributed by atoms with Gasteiger partial charge in [-0.1, -0.05) is 13.8 Å². The standard InChI is InChI=1S/C20H38N2O3/c1-19(2,3)25-18(23)22-15-6-8-17(9-7-15)24-13-12-21-16-10-11-20(4,5)14-16/h15-17,21H,6-14H2,1-5H3,(H,22,23). The molecule has 1 unspecified atom stereocenters. The number of rotatable bonds is 6. The Bertz CT molecular complexity index is 423. The normalized spacial score (nSPS) is 29.4. The Morgan fingerprint density at radius 2 is 1.76 bits per heavy atom. The first-order valence-corrected chi connectivity index (χ1v) is 9.97. The largest absolute Gasteiger partial charge is 0.444 e. The summed E-state index contributed by atoms with van der Waals surface area (Å²) in [5.41, 5.74) is 0.0595. The molecule has 1 atom stereocenters. The van der Waals surface area contributed by atoms with Crippen molar-refractivity contribution in [1.29, 1.82) is 0 Å². The minimum Gasteiger partial charge on any atom is -0.444 e. The van der Waals surface area contributed by atoms with E-state index in [0.717, 1.165) is 38.8 Å². The fourth-order valence-corrected chi connectivity index (χ4v) is 3.95. The van der Waals surface area contributed by atoms with Crippen LogP contribution >= 0.6 is 0 Å². The molecule has 1 amide bonds. The molecule has 0 bridgehead atoms. The summed E-state index contributed by atoms with van der Waals surface area (Å²) in [6.45, 7) is 12.1. The first-order valence-electron chi connectivity index (χ1n) is 9.97. The second-order valence-corrected chi connectivity index (χ2v) is 9.55. The first kappa shape index (κ1) is 20.5. The van der Waals surface area contributed by atoms with Crippen LogP contribution in [0.4, 0.5) is 4.79 Å². The van der Waals surface area contributed by atoms with Crippen molar-refractivity contribution >= 4 is 6.09 Å². The van der Waals surface area contributed by atoms with Crippen molar-refractivity contribution in [3.63, 3.8) is 0 Å². The van der Waals surface area contributed by atoms with E-state index in [2.05, 4.69) is 24.5 Å². The highest BCUT2D eigenvalue weighted by Gasteiger charge is 2.30. The third-order valence-electron chi connectivity index (χ3n) is 5.25. The van der Waals surface area contributed by atoms with Crippen LogP contribution in [0.25, 0.3) is 0 Å². The molecule has 2 fully saturated rings. The van der Waals surface area contributed by atoms with Crippen molar-refractivity contribution in [2.45, 2.75) is 103 Å². The van der Waals surface area contributed by atoms with Crippen LogP contribution in [0.15, 0.2) is 0 Å². The zero-order valence-corrected chi connectivity index (χ0v) is 16.8. The van der Waals surface area contributed by atoms with Crippen molar-refractivity contribution < 1.29 is 14.3 Å². The molecule has 146 valence electrons.